The fourth-order valence-electron chi connectivity index (χ4n) is 2.70. The van der Waals surface area contributed by atoms with E-state index in [1.54, 1.807) is 19.1 Å². The van der Waals surface area contributed by atoms with Crippen molar-refractivity contribution < 1.29 is 29.0 Å². The number of benzene rings is 1. The van der Waals surface area contributed by atoms with E-state index in [1.807, 2.05) is 0 Å². The molecule has 0 saturated carbocycles. The lowest BCUT2D eigenvalue weighted by Gasteiger charge is -2.31. The van der Waals surface area contributed by atoms with Crippen molar-refractivity contribution in [3.05, 3.63) is 35.4 Å². The van der Waals surface area contributed by atoms with Crippen LogP contribution in [-0.4, -0.2) is 54.2 Å². The van der Waals surface area contributed by atoms with Gasteiger partial charge in [-0.05, 0) is 37.5 Å². The molecule has 0 bridgehead atoms. The number of ether oxygens (including phenoxy) is 2. The zero-order chi connectivity index (χ0) is 18.2. The topological polar surface area (TPSA) is 93.1 Å². The Morgan fingerprint density at radius 1 is 1.20 bits per heavy atom. The van der Waals surface area contributed by atoms with E-state index in [1.165, 1.54) is 17.0 Å². The van der Waals surface area contributed by atoms with Gasteiger partial charge in [0, 0.05) is 13.1 Å². The van der Waals surface area contributed by atoms with Gasteiger partial charge in [0.2, 0.25) is 0 Å². The summed E-state index contributed by atoms with van der Waals surface area (Å²) in [5, 5.41) is 8.98. The van der Waals surface area contributed by atoms with E-state index in [0.29, 0.717) is 43.7 Å². The summed E-state index contributed by atoms with van der Waals surface area (Å²) in [6, 6.07) is 6.31. The maximum absolute atomic E-state index is 12.2. The third-order valence-electron chi connectivity index (χ3n) is 4.09. The van der Waals surface area contributed by atoms with Crippen LogP contribution in [-0.2, 0) is 25.7 Å². The molecule has 2 rings (SSSR count). The van der Waals surface area contributed by atoms with Crippen molar-refractivity contribution in [3.8, 4) is 0 Å². The maximum atomic E-state index is 12.2. The number of piperidine rings is 1. The highest BCUT2D eigenvalue weighted by atomic mass is 16.5. The minimum Gasteiger partial charge on any atom is -0.466 e. The van der Waals surface area contributed by atoms with Gasteiger partial charge in [0.05, 0.1) is 24.7 Å². The SMILES string of the molecule is CCOC(=O)[C@H]1CCCN(C(=O)COC(=O)c2ccc(CO)cc2)C1. The van der Waals surface area contributed by atoms with E-state index >= 15 is 0 Å². The monoisotopic (exact) mass is 349 g/mol. The highest BCUT2D eigenvalue weighted by molar-refractivity contribution is 5.91. The first-order chi connectivity index (χ1) is 12.0. The molecule has 136 valence electrons. The molecule has 1 N–H and O–H groups in total. The van der Waals surface area contributed by atoms with Crippen molar-refractivity contribution in [3.63, 3.8) is 0 Å². The smallest absolute Gasteiger partial charge is 0.338 e. The minimum atomic E-state index is -0.600. The molecule has 0 aromatic heterocycles. The maximum Gasteiger partial charge on any atom is 0.338 e. The van der Waals surface area contributed by atoms with E-state index in [9.17, 15) is 14.4 Å². The lowest BCUT2D eigenvalue weighted by Crippen LogP contribution is -2.44. The normalized spacial score (nSPS) is 17.0. The molecule has 1 aliphatic heterocycles. The zero-order valence-corrected chi connectivity index (χ0v) is 14.3. The molecule has 1 amide bonds. The lowest BCUT2D eigenvalue weighted by molar-refractivity contribution is -0.151. The first kappa shape index (κ1) is 18.9. The van der Waals surface area contributed by atoms with Crippen LogP contribution in [0.3, 0.4) is 0 Å². The van der Waals surface area contributed by atoms with Crippen LogP contribution in [0.15, 0.2) is 24.3 Å². The van der Waals surface area contributed by atoms with E-state index in [-0.39, 0.29) is 31.0 Å². The summed E-state index contributed by atoms with van der Waals surface area (Å²) < 4.78 is 10.1. The number of likely N-dealkylation sites (tertiary alicyclic amines) is 1. The number of aliphatic hydroxyl groups is 1. The Morgan fingerprint density at radius 3 is 2.56 bits per heavy atom. The molecule has 7 nitrogen and oxygen atoms in total. The van der Waals surface area contributed by atoms with Crippen molar-refractivity contribution >= 4 is 17.8 Å². The van der Waals surface area contributed by atoms with Crippen LogP contribution in [0.1, 0.15) is 35.7 Å². The molecular formula is C18H23NO6. The third-order valence-corrected chi connectivity index (χ3v) is 4.09. The molecule has 1 aromatic carbocycles. The summed E-state index contributed by atoms with van der Waals surface area (Å²) in [5.74, 6) is -1.54. The Balaban J connectivity index is 1.84. The number of hydrogen-bond acceptors (Lipinski definition) is 6. The molecule has 0 aliphatic carbocycles. The van der Waals surface area contributed by atoms with E-state index < -0.39 is 5.97 Å². The molecule has 7 heteroatoms. The van der Waals surface area contributed by atoms with Crippen molar-refractivity contribution in [2.24, 2.45) is 5.92 Å². The Morgan fingerprint density at radius 2 is 1.92 bits per heavy atom. The van der Waals surface area contributed by atoms with Crippen LogP contribution < -0.4 is 0 Å². The van der Waals surface area contributed by atoms with Gasteiger partial charge in [-0.2, -0.15) is 0 Å². The summed E-state index contributed by atoms with van der Waals surface area (Å²) in [6.45, 7) is 2.42. The van der Waals surface area contributed by atoms with Gasteiger partial charge in [0.1, 0.15) is 0 Å². The van der Waals surface area contributed by atoms with Crippen LogP contribution in [0.5, 0.6) is 0 Å². The quantitative estimate of drug-likeness (QED) is 0.774. The van der Waals surface area contributed by atoms with Crippen LogP contribution in [0.2, 0.25) is 0 Å². The second-order valence-electron chi connectivity index (χ2n) is 5.86. The van der Waals surface area contributed by atoms with Gasteiger partial charge in [0.25, 0.3) is 5.91 Å². The summed E-state index contributed by atoms with van der Waals surface area (Å²) in [5.41, 5.74) is 0.999. The first-order valence-electron chi connectivity index (χ1n) is 8.36. The van der Waals surface area contributed by atoms with Gasteiger partial charge in [0.15, 0.2) is 6.61 Å². The van der Waals surface area contributed by atoms with Gasteiger partial charge in [-0.1, -0.05) is 12.1 Å². The molecule has 1 aromatic rings. The Hall–Kier alpha value is -2.41. The van der Waals surface area contributed by atoms with Gasteiger partial charge in [-0.15, -0.1) is 0 Å². The molecule has 1 aliphatic rings. The van der Waals surface area contributed by atoms with Gasteiger partial charge >= 0.3 is 11.9 Å². The van der Waals surface area contributed by atoms with Crippen molar-refractivity contribution in [1.82, 2.24) is 4.90 Å². The Bertz CT molecular complexity index is 612. The second kappa shape index (κ2) is 9.17. The third kappa shape index (κ3) is 5.29. The second-order valence-corrected chi connectivity index (χ2v) is 5.86. The predicted octanol–water partition coefficient (Wildman–Crippen LogP) is 1.14. The molecule has 0 radical (unpaired) electrons. The summed E-state index contributed by atoms with van der Waals surface area (Å²) >= 11 is 0. The van der Waals surface area contributed by atoms with Crippen molar-refractivity contribution in [1.29, 1.82) is 0 Å². The average molecular weight is 349 g/mol. The van der Waals surface area contributed by atoms with Gasteiger partial charge in [-0.3, -0.25) is 9.59 Å². The van der Waals surface area contributed by atoms with Crippen LogP contribution in [0.25, 0.3) is 0 Å². The number of amides is 1. The van der Waals surface area contributed by atoms with Gasteiger partial charge in [-0.25, -0.2) is 4.79 Å². The summed E-state index contributed by atoms with van der Waals surface area (Å²) in [7, 11) is 0. The number of rotatable bonds is 6. The number of aliphatic hydroxyl groups excluding tert-OH is 1. The number of carbonyl (C=O) groups is 3. The Labute approximate surface area is 146 Å². The van der Waals surface area contributed by atoms with Crippen molar-refractivity contribution in [2.75, 3.05) is 26.3 Å². The molecule has 0 spiro atoms. The van der Waals surface area contributed by atoms with Crippen LogP contribution in [0.4, 0.5) is 0 Å². The number of carbonyl (C=O) groups excluding carboxylic acids is 3. The first-order valence-corrected chi connectivity index (χ1v) is 8.36. The molecule has 0 unspecified atom stereocenters. The van der Waals surface area contributed by atoms with E-state index in [2.05, 4.69) is 0 Å². The fourth-order valence-corrected chi connectivity index (χ4v) is 2.70. The molecule has 1 atom stereocenters. The fraction of sp³-hybridized carbons (Fsp3) is 0.500. The summed E-state index contributed by atoms with van der Waals surface area (Å²) in [6.07, 6.45) is 1.41. The molecular weight excluding hydrogens is 326 g/mol. The molecule has 1 fully saturated rings. The van der Waals surface area contributed by atoms with Crippen molar-refractivity contribution in [2.45, 2.75) is 26.4 Å². The Kier molecular flexibility index (Phi) is 6.94. The number of esters is 2. The van der Waals surface area contributed by atoms with Crippen LogP contribution >= 0.6 is 0 Å². The zero-order valence-electron chi connectivity index (χ0n) is 14.3. The lowest BCUT2D eigenvalue weighted by atomic mass is 9.98. The molecule has 1 saturated heterocycles. The minimum absolute atomic E-state index is 0.107. The highest BCUT2D eigenvalue weighted by Crippen LogP contribution is 2.18. The summed E-state index contributed by atoms with van der Waals surface area (Å²) in [4.78, 5) is 37.5. The molecule has 25 heavy (non-hydrogen) atoms. The van der Waals surface area contributed by atoms with Gasteiger partial charge < -0.3 is 19.5 Å². The number of hydrogen-bond donors (Lipinski definition) is 1. The highest BCUT2D eigenvalue weighted by Gasteiger charge is 2.29. The van der Waals surface area contributed by atoms with E-state index in [4.69, 9.17) is 14.6 Å². The number of nitrogens with zero attached hydrogens (tertiary/aromatic N) is 1. The van der Waals surface area contributed by atoms with E-state index in [0.717, 1.165) is 0 Å². The molecule has 1 heterocycles. The standard InChI is InChI=1S/C18H23NO6/c1-2-24-18(23)15-4-3-9-19(10-15)16(21)12-25-17(22)14-7-5-13(11-20)6-8-14/h5-8,15,20H,2-4,9-12H2,1H3/t15-/m0/s1. The van der Waals surface area contributed by atoms with Crippen LogP contribution in [0, 0.1) is 5.92 Å². The predicted molar refractivity (Wildman–Crippen MR) is 88.6 cm³/mol. The average Bonchev–Trinajstić information content (AvgIpc) is 2.66. The largest absolute Gasteiger partial charge is 0.466 e.